The van der Waals surface area contributed by atoms with Gasteiger partial charge in [0.2, 0.25) is 0 Å². The van der Waals surface area contributed by atoms with Gasteiger partial charge in [0.25, 0.3) is 0 Å². The molecule has 0 aromatic rings. The van der Waals surface area contributed by atoms with Crippen LogP contribution in [0.1, 0.15) is 33.6 Å². The number of urea groups is 1. The Hall–Kier alpha value is -1.30. The summed E-state index contributed by atoms with van der Waals surface area (Å²) in [5.74, 6) is -0.777. The van der Waals surface area contributed by atoms with Gasteiger partial charge in [-0.2, -0.15) is 0 Å². The van der Waals surface area contributed by atoms with E-state index < -0.39 is 5.97 Å². The maximum absolute atomic E-state index is 11.8. The zero-order valence-corrected chi connectivity index (χ0v) is 12.1. The molecule has 19 heavy (non-hydrogen) atoms. The number of hydrogen-bond acceptors (Lipinski definition) is 3. The number of amides is 2. The molecule has 0 aliphatic rings. The Morgan fingerprint density at radius 2 is 2.00 bits per heavy atom. The fourth-order valence-corrected chi connectivity index (χ4v) is 1.51. The number of carbonyl (C=O) groups excluding carboxylic acids is 1. The SMILES string of the molecule is CCCCOCCNC(=O)N(CC(=O)O)CC(C)C. The topological polar surface area (TPSA) is 78.9 Å². The maximum atomic E-state index is 11.8. The summed E-state index contributed by atoms with van der Waals surface area (Å²) >= 11 is 0. The number of carbonyl (C=O) groups is 2. The number of aliphatic carboxylic acids is 1. The lowest BCUT2D eigenvalue weighted by Crippen LogP contribution is -2.45. The van der Waals surface area contributed by atoms with Crippen LogP contribution in [0.5, 0.6) is 0 Å². The maximum Gasteiger partial charge on any atom is 0.323 e. The zero-order valence-electron chi connectivity index (χ0n) is 12.1. The van der Waals surface area contributed by atoms with Crippen LogP contribution in [0.4, 0.5) is 4.79 Å². The number of nitrogens with zero attached hydrogens (tertiary/aromatic N) is 1. The Bertz CT molecular complexity index is 269. The molecule has 6 heteroatoms. The minimum Gasteiger partial charge on any atom is -0.480 e. The van der Waals surface area contributed by atoms with Crippen molar-refractivity contribution in [2.75, 3.05) is 32.8 Å². The monoisotopic (exact) mass is 274 g/mol. The number of hydrogen-bond donors (Lipinski definition) is 2. The highest BCUT2D eigenvalue weighted by molar-refractivity contribution is 5.80. The molecule has 0 heterocycles. The van der Waals surface area contributed by atoms with Crippen molar-refractivity contribution in [1.82, 2.24) is 10.2 Å². The van der Waals surface area contributed by atoms with Crippen LogP contribution in [0.3, 0.4) is 0 Å². The highest BCUT2D eigenvalue weighted by Crippen LogP contribution is 1.99. The summed E-state index contributed by atoms with van der Waals surface area (Å²) in [5, 5.41) is 11.4. The van der Waals surface area contributed by atoms with E-state index in [2.05, 4.69) is 12.2 Å². The molecule has 2 amide bonds. The molecule has 0 aliphatic carbocycles. The van der Waals surface area contributed by atoms with E-state index in [-0.39, 0.29) is 18.5 Å². The first kappa shape index (κ1) is 17.7. The van der Waals surface area contributed by atoms with Crippen molar-refractivity contribution in [3.8, 4) is 0 Å². The smallest absolute Gasteiger partial charge is 0.323 e. The number of unbranched alkanes of at least 4 members (excludes halogenated alkanes) is 1. The van der Waals surface area contributed by atoms with Crippen molar-refractivity contribution in [2.45, 2.75) is 33.6 Å². The van der Waals surface area contributed by atoms with E-state index in [0.29, 0.717) is 26.3 Å². The number of carboxylic acids is 1. The molecular formula is C13H26N2O4. The highest BCUT2D eigenvalue weighted by atomic mass is 16.5. The molecular weight excluding hydrogens is 248 g/mol. The van der Waals surface area contributed by atoms with Crippen LogP contribution in [0.25, 0.3) is 0 Å². The Labute approximate surface area is 115 Å². The van der Waals surface area contributed by atoms with Crippen molar-refractivity contribution < 1.29 is 19.4 Å². The van der Waals surface area contributed by atoms with Crippen LogP contribution >= 0.6 is 0 Å². The molecule has 112 valence electrons. The summed E-state index contributed by atoms with van der Waals surface area (Å²) in [5.41, 5.74) is 0. The summed E-state index contributed by atoms with van der Waals surface area (Å²) in [7, 11) is 0. The lowest BCUT2D eigenvalue weighted by atomic mass is 10.2. The Morgan fingerprint density at radius 3 is 2.53 bits per heavy atom. The van der Waals surface area contributed by atoms with Gasteiger partial charge in [0.05, 0.1) is 6.61 Å². The van der Waals surface area contributed by atoms with Gasteiger partial charge in [-0.3, -0.25) is 4.79 Å². The second kappa shape index (κ2) is 10.6. The number of carboxylic acid groups (broad SMARTS) is 1. The fraction of sp³-hybridized carbons (Fsp3) is 0.846. The largest absolute Gasteiger partial charge is 0.480 e. The van der Waals surface area contributed by atoms with E-state index in [4.69, 9.17) is 9.84 Å². The van der Waals surface area contributed by atoms with Gasteiger partial charge >= 0.3 is 12.0 Å². The zero-order chi connectivity index (χ0) is 14.7. The second-order valence-electron chi connectivity index (χ2n) is 4.87. The van der Waals surface area contributed by atoms with Crippen molar-refractivity contribution in [1.29, 1.82) is 0 Å². The van der Waals surface area contributed by atoms with Gasteiger partial charge in [0, 0.05) is 19.7 Å². The standard InChI is InChI=1S/C13H26N2O4/c1-4-5-7-19-8-6-14-13(18)15(9-11(2)3)10-12(16)17/h11H,4-10H2,1-3H3,(H,14,18)(H,16,17). The van der Waals surface area contributed by atoms with E-state index >= 15 is 0 Å². The highest BCUT2D eigenvalue weighted by Gasteiger charge is 2.17. The molecule has 0 saturated carbocycles. The van der Waals surface area contributed by atoms with Gasteiger partial charge < -0.3 is 20.1 Å². The van der Waals surface area contributed by atoms with Crippen LogP contribution in [0.2, 0.25) is 0 Å². The van der Waals surface area contributed by atoms with Crippen LogP contribution in [-0.2, 0) is 9.53 Å². The molecule has 0 unspecified atom stereocenters. The number of nitrogens with one attached hydrogen (secondary N) is 1. The minimum absolute atomic E-state index is 0.228. The van der Waals surface area contributed by atoms with Gasteiger partial charge in [-0.1, -0.05) is 27.2 Å². The van der Waals surface area contributed by atoms with Crippen LogP contribution in [0.15, 0.2) is 0 Å². The molecule has 0 aromatic carbocycles. The molecule has 2 N–H and O–H groups in total. The fourth-order valence-electron chi connectivity index (χ4n) is 1.51. The van der Waals surface area contributed by atoms with Gasteiger partial charge in [-0.25, -0.2) is 4.79 Å². The normalized spacial score (nSPS) is 10.5. The Balaban J connectivity index is 3.93. The first-order chi connectivity index (χ1) is 8.97. The average Bonchev–Trinajstić information content (AvgIpc) is 2.31. The molecule has 0 aromatic heterocycles. The summed E-state index contributed by atoms with van der Waals surface area (Å²) in [6, 6.07) is -0.352. The molecule has 0 atom stereocenters. The van der Waals surface area contributed by atoms with Crippen molar-refractivity contribution in [2.24, 2.45) is 5.92 Å². The van der Waals surface area contributed by atoms with E-state index in [9.17, 15) is 9.59 Å². The first-order valence-corrected chi connectivity index (χ1v) is 6.79. The Kier molecular flexibility index (Phi) is 9.88. The van der Waals surface area contributed by atoms with Crippen molar-refractivity contribution >= 4 is 12.0 Å². The predicted molar refractivity (Wildman–Crippen MR) is 73.2 cm³/mol. The van der Waals surface area contributed by atoms with E-state index in [1.54, 1.807) is 0 Å². The molecule has 0 radical (unpaired) electrons. The lowest BCUT2D eigenvalue weighted by molar-refractivity contribution is -0.137. The molecule has 0 spiro atoms. The van der Waals surface area contributed by atoms with E-state index in [0.717, 1.165) is 12.8 Å². The summed E-state index contributed by atoms with van der Waals surface area (Å²) in [6.45, 7) is 7.66. The van der Waals surface area contributed by atoms with E-state index in [1.165, 1.54) is 4.90 Å². The molecule has 0 bridgehead atoms. The van der Waals surface area contributed by atoms with Gasteiger partial charge in [-0.05, 0) is 12.3 Å². The van der Waals surface area contributed by atoms with Crippen molar-refractivity contribution in [3.63, 3.8) is 0 Å². The molecule has 0 fully saturated rings. The van der Waals surface area contributed by atoms with E-state index in [1.807, 2.05) is 13.8 Å². The van der Waals surface area contributed by atoms with Crippen LogP contribution in [-0.4, -0.2) is 54.9 Å². The molecule has 6 nitrogen and oxygen atoms in total. The van der Waals surface area contributed by atoms with Crippen LogP contribution < -0.4 is 5.32 Å². The predicted octanol–water partition coefficient (Wildman–Crippen LogP) is 1.56. The van der Waals surface area contributed by atoms with Crippen LogP contribution in [0, 0.1) is 5.92 Å². The van der Waals surface area contributed by atoms with Gasteiger partial charge in [0.1, 0.15) is 6.54 Å². The second-order valence-corrected chi connectivity index (χ2v) is 4.87. The quantitative estimate of drug-likeness (QED) is 0.592. The summed E-state index contributed by atoms with van der Waals surface area (Å²) < 4.78 is 5.32. The van der Waals surface area contributed by atoms with Gasteiger partial charge in [0.15, 0.2) is 0 Å². The summed E-state index contributed by atoms with van der Waals surface area (Å²) in [6.07, 6.45) is 2.08. The third-order valence-electron chi connectivity index (χ3n) is 2.36. The third kappa shape index (κ3) is 10.3. The summed E-state index contributed by atoms with van der Waals surface area (Å²) in [4.78, 5) is 23.8. The van der Waals surface area contributed by atoms with Gasteiger partial charge in [-0.15, -0.1) is 0 Å². The third-order valence-corrected chi connectivity index (χ3v) is 2.36. The molecule has 0 rings (SSSR count). The Morgan fingerprint density at radius 1 is 1.32 bits per heavy atom. The minimum atomic E-state index is -1.00. The number of ether oxygens (including phenoxy) is 1. The first-order valence-electron chi connectivity index (χ1n) is 6.79. The van der Waals surface area contributed by atoms with Crippen molar-refractivity contribution in [3.05, 3.63) is 0 Å². The number of rotatable bonds is 10. The molecule has 0 aliphatic heterocycles. The average molecular weight is 274 g/mol. The lowest BCUT2D eigenvalue weighted by Gasteiger charge is -2.23. The molecule has 0 saturated heterocycles.